The van der Waals surface area contributed by atoms with Crippen LogP contribution in [0.3, 0.4) is 0 Å². The van der Waals surface area contributed by atoms with Gasteiger partial charge in [-0.15, -0.1) is 0 Å². The summed E-state index contributed by atoms with van der Waals surface area (Å²) in [6.07, 6.45) is 3.32. The third-order valence-electron chi connectivity index (χ3n) is 4.51. The molecule has 0 spiro atoms. The number of benzene rings is 1. The molecule has 0 heterocycles. The van der Waals surface area contributed by atoms with Crippen molar-refractivity contribution in [1.29, 1.82) is 0 Å². The number of esters is 1. The first-order valence-corrected chi connectivity index (χ1v) is 11.9. The summed E-state index contributed by atoms with van der Waals surface area (Å²) >= 11 is 5.17. The summed E-state index contributed by atoms with van der Waals surface area (Å²) in [5, 5.41) is 0. The van der Waals surface area contributed by atoms with Crippen LogP contribution in [-0.4, -0.2) is 30.4 Å². The predicted octanol–water partition coefficient (Wildman–Crippen LogP) is 4.32. The minimum atomic E-state index is -3.44. The minimum absolute atomic E-state index is 0.0342. The summed E-state index contributed by atoms with van der Waals surface area (Å²) in [5.74, 6) is -0.755. The molecule has 2 unspecified atom stereocenters. The van der Waals surface area contributed by atoms with Crippen LogP contribution in [0.5, 0.6) is 0 Å². The lowest BCUT2D eigenvalue weighted by molar-refractivity contribution is -0.139. The molecule has 0 bridgehead atoms. The van der Waals surface area contributed by atoms with Gasteiger partial charge in [-0.25, -0.2) is 4.79 Å². The molecule has 2 rings (SSSR count). The fourth-order valence-electron chi connectivity index (χ4n) is 3.16. The highest BCUT2D eigenvalue weighted by atomic mass is 32.5. The van der Waals surface area contributed by atoms with E-state index in [2.05, 4.69) is 0 Å². The van der Waals surface area contributed by atoms with Gasteiger partial charge in [-0.3, -0.25) is 0 Å². The van der Waals surface area contributed by atoms with E-state index in [4.69, 9.17) is 33.4 Å². The highest BCUT2D eigenvalue weighted by Crippen LogP contribution is 2.54. The molecule has 0 aromatic heterocycles. The zero-order chi connectivity index (χ0) is 20.9. The van der Waals surface area contributed by atoms with Crippen molar-refractivity contribution in [3.63, 3.8) is 0 Å². The van der Waals surface area contributed by atoms with Gasteiger partial charge in [-0.05, 0) is 50.5 Å². The molecule has 5 nitrogen and oxygen atoms in total. The van der Waals surface area contributed by atoms with E-state index >= 15 is 0 Å². The van der Waals surface area contributed by atoms with E-state index in [1.807, 2.05) is 37.3 Å². The van der Waals surface area contributed by atoms with Gasteiger partial charge in [0.15, 0.2) is 0 Å². The number of carbonyl (C=O) groups excluding carboxylic acids is 1. The molecule has 5 atom stereocenters. The van der Waals surface area contributed by atoms with Gasteiger partial charge < -0.3 is 18.7 Å². The lowest BCUT2D eigenvalue weighted by atomic mass is 9.79. The van der Waals surface area contributed by atoms with Crippen LogP contribution < -0.4 is 0 Å². The second kappa shape index (κ2) is 9.68. The maximum Gasteiger partial charge on any atom is 0.330 e. The van der Waals surface area contributed by atoms with Crippen LogP contribution in [0.25, 0.3) is 0 Å². The molecule has 0 aliphatic heterocycles. The van der Waals surface area contributed by atoms with E-state index in [1.54, 1.807) is 26.8 Å². The fraction of sp³-hybridized carbons (Fsp3) is 0.550. The van der Waals surface area contributed by atoms with Crippen LogP contribution in [0.4, 0.5) is 0 Å². The van der Waals surface area contributed by atoms with Crippen molar-refractivity contribution in [2.24, 2.45) is 11.8 Å². The van der Waals surface area contributed by atoms with Crippen molar-refractivity contribution < 1.29 is 23.5 Å². The van der Waals surface area contributed by atoms with Gasteiger partial charge in [-0.1, -0.05) is 49.1 Å². The van der Waals surface area contributed by atoms with E-state index in [0.717, 1.165) is 5.56 Å². The molecule has 1 aliphatic carbocycles. The summed E-state index contributed by atoms with van der Waals surface area (Å²) in [6.45, 7) is 4.13. The number of hydrogen-bond donors (Lipinski definition) is 1. The lowest BCUT2D eigenvalue weighted by Crippen LogP contribution is -2.25. The van der Waals surface area contributed by atoms with Gasteiger partial charge >= 0.3 is 12.7 Å². The van der Waals surface area contributed by atoms with Crippen LogP contribution in [0.1, 0.15) is 39.7 Å². The molecular formula is C20H28BO5PS. The van der Waals surface area contributed by atoms with Crippen LogP contribution >= 0.6 is 6.72 Å². The molecule has 0 amide bonds. The van der Waals surface area contributed by atoms with Gasteiger partial charge in [0.2, 0.25) is 0 Å². The van der Waals surface area contributed by atoms with Gasteiger partial charge in [0.25, 0.3) is 0 Å². The van der Waals surface area contributed by atoms with E-state index in [9.17, 15) is 9.69 Å². The van der Waals surface area contributed by atoms with Crippen molar-refractivity contribution in [3.8, 4) is 0 Å². The largest absolute Gasteiger partial charge is 0.458 e. The van der Waals surface area contributed by atoms with Crippen LogP contribution in [0.2, 0.25) is 5.82 Å². The number of hydrogen-bond acceptors (Lipinski definition) is 5. The molecule has 1 fully saturated rings. The third kappa shape index (κ3) is 7.45. The molecule has 8 heteroatoms. The first-order chi connectivity index (χ1) is 13.0. The fourth-order valence-corrected chi connectivity index (χ4v) is 5.52. The second-order valence-corrected chi connectivity index (χ2v) is 10.8. The predicted molar refractivity (Wildman–Crippen MR) is 114 cm³/mol. The van der Waals surface area contributed by atoms with Crippen LogP contribution in [0.15, 0.2) is 42.5 Å². The highest BCUT2D eigenvalue weighted by Gasteiger charge is 2.41. The van der Waals surface area contributed by atoms with Crippen molar-refractivity contribution in [2.75, 3.05) is 0 Å². The number of rotatable bonds is 7. The minimum Gasteiger partial charge on any atom is -0.458 e. The SMILES string of the molecule is [B][C@@H]1C[C@H](/C=C/C(=O)OCc2ccccc2)C(OP(O)(=S)OC(C)(C)C)[C@@H]1C. The van der Waals surface area contributed by atoms with Gasteiger partial charge in [0, 0.05) is 12.0 Å². The maximum atomic E-state index is 12.0. The number of carbonyl (C=O) groups is 1. The second-order valence-electron chi connectivity index (χ2n) is 8.12. The summed E-state index contributed by atoms with van der Waals surface area (Å²) in [5.41, 5.74) is 0.295. The van der Waals surface area contributed by atoms with Crippen molar-refractivity contribution >= 4 is 32.3 Å². The van der Waals surface area contributed by atoms with Gasteiger partial charge in [0.1, 0.15) is 6.61 Å². The van der Waals surface area contributed by atoms with Crippen molar-refractivity contribution in [2.45, 2.75) is 58.2 Å². The van der Waals surface area contributed by atoms with Crippen LogP contribution in [-0.2, 0) is 37.0 Å². The maximum absolute atomic E-state index is 12.0. The highest BCUT2D eigenvalue weighted by molar-refractivity contribution is 8.07. The Balaban J connectivity index is 1.98. The molecular weight excluding hydrogens is 394 g/mol. The molecule has 1 aromatic carbocycles. The Bertz CT molecular complexity index is 734. The molecule has 1 aliphatic rings. The normalized spacial score (nSPS) is 27.6. The zero-order valence-corrected chi connectivity index (χ0v) is 18.5. The van der Waals surface area contributed by atoms with Crippen molar-refractivity contribution in [3.05, 3.63) is 48.0 Å². The molecule has 1 N–H and O–H groups in total. The topological polar surface area (TPSA) is 65.0 Å². The Morgan fingerprint density at radius 3 is 2.61 bits per heavy atom. The first-order valence-electron chi connectivity index (χ1n) is 9.33. The zero-order valence-electron chi connectivity index (χ0n) is 16.8. The third-order valence-corrected chi connectivity index (χ3v) is 6.28. The lowest BCUT2D eigenvalue weighted by Gasteiger charge is -2.31. The number of ether oxygens (including phenoxy) is 1. The van der Waals surface area contributed by atoms with Crippen molar-refractivity contribution in [1.82, 2.24) is 0 Å². The summed E-state index contributed by atoms with van der Waals surface area (Å²) < 4.78 is 16.6. The average molecular weight is 422 g/mol. The molecule has 1 saturated carbocycles. The van der Waals surface area contributed by atoms with E-state index in [0.29, 0.717) is 6.42 Å². The molecule has 1 aromatic rings. The Morgan fingerprint density at radius 2 is 2.00 bits per heavy atom. The van der Waals surface area contributed by atoms with E-state index < -0.39 is 24.4 Å². The van der Waals surface area contributed by atoms with Gasteiger partial charge in [0.05, 0.1) is 19.6 Å². The standard InChI is InChI=1S/C20H28BO5PS/c1-14-17(21)12-16(19(14)25-27(23,28)26-20(2,3)4)10-11-18(22)24-13-15-8-6-5-7-9-15/h5-11,14,16-17,19H,12-13H2,1-4H3,(H,23,28)/b11-10+/t14-,16+,17-,19?,27?/m1/s1. The monoisotopic (exact) mass is 422 g/mol. The Labute approximate surface area is 174 Å². The quantitative estimate of drug-likeness (QED) is 0.306. The first kappa shape index (κ1) is 23.3. The smallest absolute Gasteiger partial charge is 0.330 e. The molecule has 2 radical (unpaired) electrons. The van der Waals surface area contributed by atoms with Gasteiger partial charge in [-0.2, -0.15) is 0 Å². The Morgan fingerprint density at radius 1 is 1.36 bits per heavy atom. The molecule has 152 valence electrons. The van der Waals surface area contributed by atoms with E-state index in [1.165, 1.54) is 6.08 Å². The van der Waals surface area contributed by atoms with E-state index in [-0.39, 0.29) is 24.3 Å². The van der Waals surface area contributed by atoms with Crippen LogP contribution in [0, 0.1) is 11.8 Å². The summed E-state index contributed by atoms with van der Waals surface area (Å²) in [7, 11) is 6.17. The summed E-state index contributed by atoms with van der Waals surface area (Å²) in [6, 6.07) is 9.47. The molecule has 0 saturated heterocycles. The Hall–Kier alpha value is -0.975. The Kier molecular flexibility index (Phi) is 8.06. The average Bonchev–Trinajstić information content (AvgIpc) is 2.84. The molecule has 28 heavy (non-hydrogen) atoms. The summed E-state index contributed by atoms with van der Waals surface area (Å²) in [4.78, 5) is 22.5.